The van der Waals surface area contributed by atoms with E-state index in [4.69, 9.17) is 0 Å². The molecule has 0 saturated heterocycles. The molecule has 0 bridgehead atoms. The SMILES string of the molecule is CC(=O)CC1(CC(C)=O)C(=O)NC(=O)c2ccccc21. The van der Waals surface area contributed by atoms with Crippen LogP contribution in [0.4, 0.5) is 0 Å². The molecule has 0 aliphatic carbocycles. The largest absolute Gasteiger partial charge is 0.300 e. The number of benzene rings is 1. The molecule has 20 heavy (non-hydrogen) atoms. The lowest BCUT2D eigenvalue weighted by Crippen LogP contribution is -2.53. The fourth-order valence-corrected chi connectivity index (χ4v) is 2.77. The van der Waals surface area contributed by atoms with Crippen molar-refractivity contribution in [3.05, 3.63) is 35.4 Å². The summed E-state index contributed by atoms with van der Waals surface area (Å²) in [7, 11) is 0. The summed E-state index contributed by atoms with van der Waals surface area (Å²) in [6.45, 7) is 2.74. The van der Waals surface area contributed by atoms with Gasteiger partial charge in [0.15, 0.2) is 0 Å². The molecule has 1 aliphatic rings. The minimum absolute atomic E-state index is 0.0945. The second kappa shape index (κ2) is 5.00. The summed E-state index contributed by atoms with van der Waals surface area (Å²) in [5, 5.41) is 2.25. The van der Waals surface area contributed by atoms with Crippen LogP contribution < -0.4 is 5.32 Å². The van der Waals surface area contributed by atoms with Crippen molar-refractivity contribution in [3.8, 4) is 0 Å². The minimum atomic E-state index is -1.28. The van der Waals surface area contributed by atoms with Gasteiger partial charge in [-0.2, -0.15) is 0 Å². The lowest BCUT2D eigenvalue weighted by atomic mass is 9.68. The molecule has 1 heterocycles. The number of fused-ring (bicyclic) bond motifs is 1. The van der Waals surface area contributed by atoms with Crippen molar-refractivity contribution < 1.29 is 19.2 Å². The van der Waals surface area contributed by atoms with E-state index in [1.54, 1.807) is 24.3 Å². The van der Waals surface area contributed by atoms with Gasteiger partial charge in [0.05, 0.1) is 5.41 Å². The second-order valence-corrected chi connectivity index (χ2v) is 5.17. The molecule has 0 radical (unpaired) electrons. The molecule has 2 amide bonds. The standard InChI is InChI=1S/C15H15NO4/c1-9(17)7-15(8-10(2)18)12-6-4-3-5-11(12)13(19)16-14(15)20/h3-6H,7-8H2,1-2H3,(H,16,19,20). The normalized spacial score (nSPS) is 16.3. The maximum Gasteiger partial charge on any atom is 0.258 e. The molecule has 0 fully saturated rings. The predicted octanol–water partition coefficient (Wildman–Crippen LogP) is 1.15. The number of carbonyl (C=O) groups is 4. The van der Waals surface area contributed by atoms with Gasteiger partial charge in [0.1, 0.15) is 11.6 Å². The average Bonchev–Trinajstić information content (AvgIpc) is 2.35. The van der Waals surface area contributed by atoms with Crippen LogP contribution in [0.5, 0.6) is 0 Å². The van der Waals surface area contributed by atoms with Crippen molar-refractivity contribution in [1.82, 2.24) is 5.32 Å². The van der Waals surface area contributed by atoms with E-state index in [1.807, 2.05) is 0 Å². The van der Waals surface area contributed by atoms with Crippen molar-refractivity contribution in [3.63, 3.8) is 0 Å². The van der Waals surface area contributed by atoms with Crippen LogP contribution in [0.25, 0.3) is 0 Å². The zero-order valence-electron chi connectivity index (χ0n) is 11.4. The van der Waals surface area contributed by atoms with E-state index in [9.17, 15) is 19.2 Å². The summed E-state index contributed by atoms with van der Waals surface area (Å²) in [5.74, 6) is -1.48. The molecule has 0 unspecified atom stereocenters. The second-order valence-electron chi connectivity index (χ2n) is 5.17. The molecule has 5 nitrogen and oxygen atoms in total. The van der Waals surface area contributed by atoms with Crippen molar-refractivity contribution in [2.24, 2.45) is 0 Å². The number of carbonyl (C=O) groups excluding carboxylic acids is 4. The predicted molar refractivity (Wildman–Crippen MR) is 71.2 cm³/mol. The van der Waals surface area contributed by atoms with Gasteiger partial charge in [0, 0.05) is 18.4 Å². The molecule has 1 aromatic rings. The van der Waals surface area contributed by atoms with E-state index in [2.05, 4.69) is 5.32 Å². The van der Waals surface area contributed by atoms with E-state index in [1.165, 1.54) is 13.8 Å². The monoisotopic (exact) mass is 273 g/mol. The van der Waals surface area contributed by atoms with Crippen LogP contribution in [0.1, 0.15) is 42.6 Å². The Hall–Kier alpha value is -2.30. The van der Waals surface area contributed by atoms with Crippen molar-refractivity contribution >= 4 is 23.4 Å². The summed E-state index contributed by atoms with van der Waals surface area (Å²) in [4.78, 5) is 47.3. The number of Topliss-reactive ketones (excluding diaryl/α,β-unsaturated/α-hetero) is 2. The highest BCUT2D eigenvalue weighted by Gasteiger charge is 2.48. The highest BCUT2D eigenvalue weighted by Crippen LogP contribution is 2.37. The van der Waals surface area contributed by atoms with Crippen LogP contribution in [0.3, 0.4) is 0 Å². The zero-order chi connectivity index (χ0) is 14.9. The summed E-state index contributed by atoms with van der Waals surface area (Å²) >= 11 is 0. The highest BCUT2D eigenvalue weighted by atomic mass is 16.2. The van der Waals surface area contributed by atoms with Gasteiger partial charge in [-0.25, -0.2) is 0 Å². The number of hydrogen-bond donors (Lipinski definition) is 1. The lowest BCUT2D eigenvalue weighted by Gasteiger charge is -2.35. The molecule has 1 N–H and O–H groups in total. The van der Waals surface area contributed by atoms with Crippen molar-refractivity contribution in [2.45, 2.75) is 32.1 Å². The first-order chi connectivity index (χ1) is 9.36. The summed E-state index contributed by atoms with van der Waals surface area (Å²) in [6, 6.07) is 6.60. The van der Waals surface area contributed by atoms with Crippen LogP contribution >= 0.6 is 0 Å². The Bertz CT molecular complexity index is 602. The summed E-state index contributed by atoms with van der Waals surface area (Å²) in [6.07, 6.45) is -0.189. The number of imide groups is 1. The van der Waals surface area contributed by atoms with E-state index in [0.29, 0.717) is 11.1 Å². The molecule has 1 aliphatic heterocycles. The van der Waals surface area contributed by atoms with Gasteiger partial charge in [0.25, 0.3) is 5.91 Å². The number of rotatable bonds is 4. The van der Waals surface area contributed by atoms with E-state index >= 15 is 0 Å². The molecule has 0 spiro atoms. The van der Waals surface area contributed by atoms with Crippen LogP contribution in [0, 0.1) is 0 Å². The van der Waals surface area contributed by atoms with Crippen molar-refractivity contribution in [1.29, 1.82) is 0 Å². The third-order valence-corrected chi connectivity index (χ3v) is 3.45. The average molecular weight is 273 g/mol. The minimum Gasteiger partial charge on any atom is -0.300 e. The first kappa shape index (κ1) is 14.1. The summed E-state index contributed by atoms with van der Waals surface area (Å²) < 4.78 is 0. The topological polar surface area (TPSA) is 80.3 Å². The van der Waals surface area contributed by atoms with Crippen LogP contribution in [-0.4, -0.2) is 23.4 Å². The third-order valence-electron chi connectivity index (χ3n) is 3.45. The van der Waals surface area contributed by atoms with E-state index < -0.39 is 17.2 Å². The Morgan fingerprint density at radius 1 is 1.05 bits per heavy atom. The molecule has 0 atom stereocenters. The zero-order valence-corrected chi connectivity index (χ0v) is 11.4. The molecular formula is C15H15NO4. The number of amides is 2. The van der Waals surface area contributed by atoms with Crippen LogP contribution in [0.15, 0.2) is 24.3 Å². The number of nitrogens with one attached hydrogen (secondary N) is 1. The summed E-state index contributed by atoms with van der Waals surface area (Å²) in [5.41, 5.74) is -0.476. The quantitative estimate of drug-likeness (QED) is 0.834. The molecule has 104 valence electrons. The van der Waals surface area contributed by atoms with Gasteiger partial charge in [0.2, 0.25) is 5.91 Å². The Morgan fingerprint density at radius 3 is 2.15 bits per heavy atom. The van der Waals surface area contributed by atoms with E-state index in [-0.39, 0.29) is 24.4 Å². The number of ketones is 2. The Balaban J connectivity index is 2.67. The van der Waals surface area contributed by atoms with Gasteiger partial charge in [-0.15, -0.1) is 0 Å². The Kier molecular flexibility index (Phi) is 3.53. The van der Waals surface area contributed by atoms with Crippen LogP contribution in [-0.2, 0) is 19.8 Å². The highest BCUT2D eigenvalue weighted by molar-refractivity contribution is 6.15. The maximum absolute atomic E-state index is 12.3. The molecule has 0 saturated carbocycles. The van der Waals surface area contributed by atoms with Gasteiger partial charge >= 0.3 is 0 Å². The third kappa shape index (κ3) is 2.27. The first-order valence-corrected chi connectivity index (χ1v) is 6.31. The maximum atomic E-state index is 12.3. The smallest absolute Gasteiger partial charge is 0.258 e. The van der Waals surface area contributed by atoms with Gasteiger partial charge in [-0.3, -0.25) is 24.5 Å². The first-order valence-electron chi connectivity index (χ1n) is 6.31. The fraction of sp³-hybridized carbons (Fsp3) is 0.333. The molecule has 1 aromatic carbocycles. The number of hydrogen-bond acceptors (Lipinski definition) is 4. The van der Waals surface area contributed by atoms with E-state index in [0.717, 1.165) is 0 Å². The Morgan fingerprint density at radius 2 is 1.60 bits per heavy atom. The Labute approximate surface area is 116 Å². The molecule has 2 rings (SSSR count). The molecule has 0 aromatic heterocycles. The molecular weight excluding hydrogens is 258 g/mol. The van der Waals surface area contributed by atoms with Crippen molar-refractivity contribution in [2.75, 3.05) is 0 Å². The molecule has 5 heteroatoms. The van der Waals surface area contributed by atoms with Crippen LogP contribution in [0.2, 0.25) is 0 Å². The lowest BCUT2D eigenvalue weighted by molar-refractivity contribution is -0.133. The van der Waals surface area contributed by atoms with Gasteiger partial charge < -0.3 is 0 Å². The van der Waals surface area contributed by atoms with Gasteiger partial charge in [-0.1, -0.05) is 18.2 Å². The fourth-order valence-electron chi connectivity index (χ4n) is 2.77. The van der Waals surface area contributed by atoms with Gasteiger partial charge in [-0.05, 0) is 25.5 Å².